The molecule has 3 heterocycles. The third-order valence-electron chi connectivity index (χ3n) is 5.68. The Labute approximate surface area is 171 Å². The number of nitriles is 1. The number of hydrogen-bond donors (Lipinski definition) is 0. The summed E-state index contributed by atoms with van der Waals surface area (Å²) in [5.41, 5.74) is 4.33. The summed E-state index contributed by atoms with van der Waals surface area (Å²) in [4.78, 5) is 8.87. The first-order chi connectivity index (χ1) is 13.8. The molecule has 1 aliphatic heterocycles. The summed E-state index contributed by atoms with van der Waals surface area (Å²) in [6.45, 7) is 8.19. The molecule has 0 saturated carbocycles. The van der Waals surface area contributed by atoms with Crippen LogP contribution in [0.3, 0.4) is 0 Å². The van der Waals surface area contributed by atoms with Gasteiger partial charge in [-0.1, -0.05) is 24.3 Å². The molecule has 1 aliphatic rings. The van der Waals surface area contributed by atoms with E-state index in [0.29, 0.717) is 5.56 Å². The molecule has 1 saturated heterocycles. The maximum absolute atomic E-state index is 9.11. The quantitative estimate of drug-likeness (QED) is 0.640. The number of benzene rings is 1. The van der Waals surface area contributed by atoms with Gasteiger partial charge in [-0.15, -0.1) is 0 Å². The van der Waals surface area contributed by atoms with Crippen molar-refractivity contribution in [1.82, 2.24) is 9.97 Å². The van der Waals surface area contributed by atoms with Gasteiger partial charge in [0.25, 0.3) is 0 Å². The number of aromatic nitrogens is 2. The van der Waals surface area contributed by atoms with Crippen LogP contribution in [0, 0.1) is 11.3 Å². The Morgan fingerprint density at radius 2 is 1.38 bits per heavy atom. The number of pyridine rings is 2. The highest BCUT2D eigenvalue weighted by Gasteiger charge is 2.51. The summed E-state index contributed by atoms with van der Waals surface area (Å²) in [7, 11) is -0.383. The topological polar surface area (TPSA) is 68.0 Å². The minimum atomic E-state index is -0.383. The van der Waals surface area contributed by atoms with Gasteiger partial charge in [-0.05, 0) is 57.4 Å². The molecular weight excluding hydrogens is 361 g/mol. The third kappa shape index (κ3) is 3.67. The van der Waals surface area contributed by atoms with Gasteiger partial charge in [0.2, 0.25) is 0 Å². The fourth-order valence-corrected chi connectivity index (χ4v) is 3.20. The lowest BCUT2D eigenvalue weighted by atomic mass is 9.79. The van der Waals surface area contributed by atoms with Gasteiger partial charge in [-0.3, -0.25) is 9.97 Å². The Morgan fingerprint density at radius 1 is 0.793 bits per heavy atom. The van der Waals surface area contributed by atoms with Crippen LogP contribution in [-0.4, -0.2) is 28.3 Å². The van der Waals surface area contributed by atoms with Crippen molar-refractivity contribution in [3.05, 3.63) is 66.5 Å². The molecule has 4 rings (SSSR count). The Hall–Kier alpha value is -3.01. The standard InChI is InChI=1S/C23H22BN3O2/c1-22(2)23(3,4)29-24(28-22)19-7-5-17(6-8-19)21-14-18(10-12-27-21)20-13-16(15-25)9-11-26-20/h5-14H,1-4H3. The lowest BCUT2D eigenvalue weighted by Gasteiger charge is -2.32. The summed E-state index contributed by atoms with van der Waals surface area (Å²) in [6.07, 6.45) is 3.40. The van der Waals surface area contributed by atoms with Crippen molar-refractivity contribution in [1.29, 1.82) is 5.26 Å². The largest absolute Gasteiger partial charge is 0.494 e. The summed E-state index contributed by atoms with van der Waals surface area (Å²) in [6, 6.07) is 17.6. The van der Waals surface area contributed by atoms with E-state index in [0.717, 1.165) is 28.0 Å². The van der Waals surface area contributed by atoms with Crippen LogP contribution in [-0.2, 0) is 9.31 Å². The molecule has 5 nitrogen and oxygen atoms in total. The first-order valence-electron chi connectivity index (χ1n) is 9.58. The highest BCUT2D eigenvalue weighted by molar-refractivity contribution is 6.62. The summed E-state index contributed by atoms with van der Waals surface area (Å²) in [5.74, 6) is 0. The summed E-state index contributed by atoms with van der Waals surface area (Å²) >= 11 is 0. The molecule has 144 valence electrons. The third-order valence-corrected chi connectivity index (χ3v) is 5.68. The highest BCUT2D eigenvalue weighted by atomic mass is 16.7. The van der Waals surface area contributed by atoms with Crippen LogP contribution in [0.25, 0.3) is 22.5 Å². The minimum absolute atomic E-state index is 0.364. The molecule has 1 fully saturated rings. The maximum atomic E-state index is 9.11. The monoisotopic (exact) mass is 383 g/mol. The normalized spacial score (nSPS) is 17.1. The zero-order valence-corrected chi connectivity index (χ0v) is 17.0. The molecule has 0 N–H and O–H groups in total. The predicted octanol–water partition coefficient (Wildman–Crippen LogP) is 3.98. The summed E-state index contributed by atoms with van der Waals surface area (Å²) in [5, 5.41) is 9.11. The van der Waals surface area contributed by atoms with E-state index in [1.165, 1.54) is 0 Å². The van der Waals surface area contributed by atoms with E-state index >= 15 is 0 Å². The first-order valence-corrected chi connectivity index (χ1v) is 9.58. The Kier molecular flexibility index (Phi) is 4.73. The molecule has 0 amide bonds. The SMILES string of the molecule is CC1(C)OB(c2ccc(-c3cc(-c4cc(C#N)ccn4)ccn3)cc2)OC1(C)C. The number of hydrogen-bond acceptors (Lipinski definition) is 5. The average Bonchev–Trinajstić information content (AvgIpc) is 2.95. The number of rotatable bonds is 3. The van der Waals surface area contributed by atoms with E-state index < -0.39 is 0 Å². The van der Waals surface area contributed by atoms with Crippen molar-refractivity contribution in [2.45, 2.75) is 38.9 Å². The average molecular weight is 383 g/mol. The van der Waals surface area contributed by atoms with Gasteiger partial charge in [0, 0.05) is 23.5 Å². The van der Waals surface area contributed by atoms with E-state index in [2.05, 4.69) is 16.0 Å². The van der Waals surface area contributed by atoms with Crippen molar-refractivity contribution in [2.24, 2.45) is 0 Å². The minimum Gasteiger partial charge on any atom is -0.399 e. The van der Waals surface area contributed by atoms with Crippen molar-refractivity contribution in [3.8, 4) is 28.6 Å². The van der Waals surface area contributed by atoms with Gasteiger partial charge >= 0.3 is 7.12 Å². The van der Waals surface area contributed by atoms with Gasteiger partial charge in [0.1, 0.15) is 0 Å². The van der Waals surface area contributed by atoms with Gasteiger partial charge < -0.3 is 9.31 Å². The molecule has 3 aromatic rings. The fraction of sp³-hybridized carbons (Fsp3) is 0.261. The van der Waals surface area contributed by atoms with E-state index in [4.69, 9.17) is 14.6 Å². The van der Waals surface area contributed by atoms with E-state index in [-0.39, 0.29) is 18.3 Å². The van der Waals surface area contributed by atoms with Crippen LogP contribution in [0.2, 0.25) is 0 Å². The lowest BCUT2D eigenvalue weighted by Crippen LogP contribution is -2.41. The lowest BCUT2D eigenvalue weighted by molar-refractivity contribution is 0.00578. The van der Waals surface area contributed by atoms with E-state index in [9.17, 15) is 0 Å². The highest BCUT2D eigenvalue weighted by Crippen LogP contribution is 2.36. The van der Waals surface area contributed by atoms with Crippen LogP contribution in [0.5, 0.6) is 0 Å². The van der Waals surface area contributed by atoms with Crippen LogP contribution >= 0.6 is 0 Å². The van der Waals surface area contributed by atoms with Crippen LogP contribution in [0.1, 0.15) is 33.3 Å². The molecule has 0 spiro atoms. The molecule has 0 bridgehead atoms. The van der Waals surface area contributed by atoms with Crippen LogP contribution in [0.4, 0.5) is 0 Å². The van der Waals surface area contributed by atoms with Crippen molar-refractivity contribution in [2.75, 3.05) is 0 Å². The van der Waals surface area contributed by atoms with E-state index in [1.54, 1.807) is 24.5 Å². The molecule has 0 aliphatic carbocycles. The molecule has 29 heavy (non-hydrogen) atoms. The predicted molar refractivity (Wildman–Crippen MR) is 113 cm³/mol. The van der Waals surface area contributed by atoms with Crippen LogP contribution in [0.15, 0.2) is 60.9 Å². The maximum Gasteiger partial charge on any atom is 0.494 e. The number of nitrogens with zero attached hydrogens (tertiary/aromatic N) is 3. The van der Waals surface area contributed by atoms with Gasteiger partial charge in [-0.25, -0.2) is 0 Å². The van der Waals surface area contributed by atoms with Gasteiger partial charge in [0.05, 0.1) is 34.2 Å². The van der Waals surface area contributed by atoms with Crippen molar-refractivity contribution >= 4 is 12.6 Å². The molecular formula is C23H22BN3O2. The van der Waals surface area contributed by atoms with Gasteiger partial charge in [0.15, 0.2) is 0 Å². The second-order valence-electron chi connectivity index (χ2n) is 8.18. The Bertz CT molecular complexity index is 1070. The molecule has 0 atom stereocenters. The van der Waals surface area contributed by atoms with Crippen LogP contribution < -0.4 is 5.46 Å². The zero-order valence-electron chi connectivity index (χ0n) is 17.0. The second-order valence-corrected chi connectivity index (χ2v) is 8.18. The molecule has 0 unspecified atom stereocenters. The van der Waals surface area contributed by atoms with Crippen molar-refractivity contribution in [3.63, 3.8) is 0 Å². The smallest absolute Gasteiger partial charge is 0.399 e. The molecule has 1 aromatic carbocycles. The molecule has 2 aromatic heterocycles. The fourth-order valence-electron chi connectivity index (χ4n) is 3.20. The first kappa shape index (κ1) is 19.3. The van der Waals surface area contributed by atoms with Crippen molar-refractivity contribution < 1.29 is 9.31 Å². The van der Waals surface area contributed by atoms with Gasteiger partial charge in [-0.2, -0.15) is 5.26 Å². The summed E-state index contributed by atoms with van der Waals surface area (Å²) < 4.78 is 12.2. The Balaban J connectivity index is 1.60. The molecule has 6 heteroatoms. The zero-order chi connectivity index (χ0) is 20.6. The molecule has 0 radical (unpaired) electrons. The second kappa shape index (κ2) is 7.11. The Morgan fingerprint density at radius 3 is 2.00 bits per heavy atom. The van der Waals surface area contributed by atoms with E-state index in [1.807, 2.05) is 64.1 Å².